The minimum absolute atomic E-state index is 0.405. The van der Waals surface area contributed by atoms with Crippen LogP contribution in [-0.4, -0.2) is 32.5 Å². The van der Waals surface area contributed by atoms with Gasteiger partial charge in [-0.15, -0.1) is 0 Å². The van der Waals surface area contributed by atoms with E-state index in [-0.39, 0.29) is 0 Å². The van der Waals surface area contributed by atoms with Crippen LogP contribution in [0.1, 0.15) is 39.2 Å². The van der Waals surface area contributed by atoms with E-state index < -0.39 is 24.3 Å². The predicted molar refractivity (Wildman–Crippen MR) is 82.6 cm³/mol. The lowest BCUT2D eigenvalue weighted by Gasteiger charge is -2.32. The maximum absolute atomic E-state index is 6.33. The van der Waals surface area contributed by atoms with Gasteiger partial charge in [-0.1, -0.05) is 0 Å². The van der Waals surface area contributed by atoms with Crippen LogP contribution in [0.25, 0.3) is 0 Å². The molecule has 0 aromatic heterocycles. The Morgan fingerprint density at radius 1 is 0.952 bits per heavy atom. The summed E-state index contributed by atoms with van der Waals surface area (Å²) in [6, 6.07) is 5.55. The zero-order chi connectivity index (χ0) is 15.8. The predicted octanol–water partition coefficient (Wildman–Crippen LogP) is 2.33. The third-order valence-electron chi connectivity index (χ3n) is 4.32. The topological polar surface area (TPSA) is 62.9 Å². The molecule has 1 heterocycles. The average Bonchev–Trinajstić information content (AvgIpc) is 2.66. The van der Waals surface area contributed by atoms with Crippen molar-refractivity contribution in [3.63, 3.8) is 0 Å². The van der Waals surface area contributed by atoms with Gasteiger partial charge in [-0.3, -0.25) is 0 Å². The van der Waals surface area contributed by atoms with Gasteiger partial charge in [0.2, 0.25) is 0 Å². The molecule has 116 valence electrons. The van der Waals surface area contributed by atoms with E-state index in [4.69, 9.17) is 24.5 Å². The molecule has 2 N–H and O–H groups in total. The average molecular weight is 293 g/mol. The highest BCUT2D eigenvalue weighted by Crippen LogP contribution is 2.40. The first-order chi connectivity index (χ1) is 9.70. The fourth-order valence-electron chi connectivity index (χ4n) is 2.21. The van der Waals surface area contributed by atoms with Gasteiger partial charge in [0.1, 0.15) is 11.5 Å². The molecular formula is C15H24BNO4. The number of nitrogens with two attached hydrogens (primary N) is 1. The second-order valence-corrected chi connectivity index (χ2v) is 6.30. The van der Waals surface area contributed by atoms with Crippen molar-refractivity contribution in [2.75, 3.05) is 14.2 Å². The maximum Gasteiger partial charge on any atom is 0.480 e. The molecule has 1 aliphatic rings. The van der Waals surface area contributed by atoms with Gasteiger partial charge in [0.15, 0.2) is 0 Å². The molecule has 0 spiro atoms. The van der Waals surface area contributed by atoms with E-state index in [1.165, 1.54) is 0 Å². The molecule has 0 saturated carbocycles. The summed E-state index contributed by atoms with van der Waals surface area (Å²) in [5.41, 5.74) is 6.37. The number of hydrogen-bond acceptors (Lipinski definition) is 5. The van der Waals surface area contributed by atoms with Crippen LogP contribution in [0.3, 0.4) is 0 Å². The molecule has 21 heavy (non-hydrogen) atoms. The van der Waals surface area contributed by atoms with Crippen LogP contribution in [-0.2, 0) is 9.31 Å². The molecule has 1 aromatic rings. The summed E-state index contributed by atoms with van der Waals surface area (Å²) in [4.78, 5) is 0. The minimum Gasteiger partial charge on any atom is -0.497 e. The minimum atomic E-state index is -0.508. The number of rotatable bonds is 4. The zero-order valence-electron chi connectivity index (χ0n) is 13.6. The molecule has 0 bridgehead atoms. The first-order valence-electron chi connectivity index (χ1n) is 7.04. The van der Waals surface area contributed by atoms with Crippen molar-refractivity contribution in [3.8, 4) is 11.5 Å². The molecule has 0 aliphatic carbocycles. The SMILES string of the molecule is COc1cc(OC)cc([C@H](N)B2OC(C)(C)C(C)(C)O2)c1. The van der Waals surface area contributed by atoms with Crippen LogP contribution >= 0.6 is 0 Å². The van der Waals surface area contributed by atoms with Crippen LogP contribution in [0.15, 0.2) is 18.2 Å². The van der Waals surface area contributed by atoms with E-state index in [2.05, 4.69) is 0 Å². The molecule has 5 nitrogen and oxygen atoms in total. The Labute approximate surface area is 126 Å². The van der Waals surface area contributed by atoms with Crippen LogP contribution in [0, 0.1) is 0 Å². The highest BCUT2D eigenvalue weighted by atomic mass is 16.7. The highest BCUT2D eigenvalue weighted by molar-refractivity contribution is 6.47. The Morgan fingerprint density at radius 2 is 1.38 bits per heavy atom. The van der Waals surface area contributed by atoms with Crippen molar-refractivity contribution in [2.45, 2.75) is 44.8 Å². The molecule has 1 saturated heterocycles. The summed E-state index contributed by atoms with van der Waals surface area (Å²) >= 11 is 0. The maximum atomic E-state index is 6.33. The molecule has 2 rings (SSSR count). The van der Waals surface area contributed by atoms with E-state index >= 15 is 0 Å². The van der Waals surface area contributed by atoms with Gasteiger partial charge in [-0.2, -0.15) is 0 Å². The second kappa shape index (κ2) is 5.52. The first-order valence-corrected chi connectivity index (χ1v) is 7.04. The van der Waals surface area contributed by atoms with Crippen molar-refractivity contribution in [2.24, 2.45) is 5.73 Å². The third-order valence-corrected chi connectivity index (χ3v) is 4.32. The molecule has 1 atom stereocenters. The molecule has 1 aliphatic heterocycles. The Bertz CT molecular complexity index is 480. The molecule has 1 aromatic carbocycles. The zero-order valence-corrected chi connectivity index (χ0v) is 13.6. The van der Waals surface area contributed by atoms with Crippen molar-refractivity contribution in [1.82, 2.24) is 0 Å². The lowest BCUT2D eigenvalue weighted by molar-refractivity contribution is 0.00578. The lowest BCUT2D eigenvalue weighted by Crippen LogP contribution is -2.41. The third kappa shape index (κ3) is 3.02. The molecule has 0 radical (unpaired) electrons. The molecule has 0 unspecified atom stereocenters. The fourth-order valence-corrected chi connectivity index (χ4v) is 2.21. The quantitative estimate of drug-likeness (QED) is 0.863. The molecular weight excluding hydrogens is 269 g/mol. The molecule has 6 heteroatoms. The second-order valence-electron chi connectivity index (χ2n) is 6.30. The van der Waals surface area contributed by atoms with Crippen molar-refractivity contribution >= 4 is 7.12 Å². The van der Waals surface area contributed by atoms with E-state index in [9.17, 15) is 0 Å². The Balaban J connectivity index is 2.27. The lowest BCUT2D eigenvalue weighted by atomic mass is 9.75. The number of methoxy groups -OCH3 is 2. The van der Waals surface area contributed by atoms with Gasteiger partial charge in [0.25, 0.3) is 0 Å². The number of benzene rings is 1. The van der Waals surface area contributed by atoms with Crippen molar-refractivity contribution in [3.05, 3.63) is 23.8 Å². The van der Waals surface area contributed by atoms with E-state index in [1.807, 2.05) is 39.8 Å². The summed E-state index contributed by atoms with van der Waals surface area (Å²) < 4.78 is 22.5. The Hall–Kier alpha value is -1.24. The fraction of sp³-hybridized carbons (Fsp3) is 0.600. The first kappa shape index (κ1) is 16.1. The largest absolute Gasteiger partial charge is 0.497 e. The summed E-state index contributed by atoms with van der Waals surface area (Å²) in [5, 5.41) is 0. The monoisotopic (exact) mass is 293 g/mol. The summed E-state index contributed by atoms with van der Waals surface area (Å²) in [6.45, 7) is 8.02. The Morgan fingerprint density at radius 3 is 1.76 bits per heavy atom. The van der Waals surface area contributed by atoms with Gasteiger partial charge in [0, 0.05) is 6.07 Å². The van der Waals surface area contributed by atoms with Gasteiger partial charge in [-0.25, -0.2) is 0 Å². The van der Waals surface area contributed by atoms with Gasteiger partial charge in [-0.05, 0) is 45.4 Å². The van der Waals surface area contributed by atoms with E-state index in [0.717, 1.165) is 5.56 Å². The summed E-state index contributed by atoms with van der Waals surface area (Å²) in [5.74, 6) is 0.961. The summed E-state index contributed by atoms with van der Waals surface area (Å²) in [7, 11) is 2.71. The normalized spacial score (nSPS) is 21.2. The van der Waals surface area contributed by atoms with E-state index in [0.29, 0.717) is 11.5 Å². The number of ether oxygens (including phenoxy) is 2. The Kier molecular flexibility index (Phi) is 4.24. The van der Waals surface area contributed by atoms with E-state index in [1.54, 1.807) is 20.3 Å². The van der Waals surface area contributed by atoms with Crippen LogP contribution in [0.4, 0.5) is 0 Å². The van der Waals surface area contributed by atoms with Gasteiger partial charge in [0.05, 0.1) is 31.4 Å². The van der Waals surface area contributed by atoms with Crippen molar-refractivity contribution < 1.29 is 18.8 Å². The van der Waals surface area contributed by atoms with Crippen molar-refractivity contribution in [1.29, 1.82) is 0 Å². The van der Waals surface area contributed by atoms with Crippen LogP contribution < -0.4 is 15.2 Å². The number of hydrogen-bond donors (Lipinski definition) is 1. The highest BCUT2D eigenvalue weighted by Gasteiger charge is 2.53. The van der Waals surface area contributed by atoms with Crippen LogP contribution in [0.2, 0.25) is 0 Å². The smallest absolute Gasteiger partial charge is 0.480 e. The van der Waals surface area contributed by atoms with Gasteiger partial charge >= 0.3 is 7.12 Å². The molecule has 0 amide bonds. The summed E-state index contributed by atoms with van der Waals surface area (Å²) in [6.07, 6.45) is 0. The standard InChI is InChI=1S/C15H24BNO4/c1-14(2)15(3,4)21-16(20-14)13(17)10-7-11(18-5)9-12(8-10)19-6/h7-9,13H,17H2,1-6H3/t13-/m0/s1. The van der Waals surface area contributed by atoms with Gasteiger partial charge < -0.3 is 24.5 Å². The molecule has 1 fully saturated rings. The van der Waals surface area contributed by atoms with Crippen LogP contribution in [0.5, 0.6) is 11.5 Å².